The molecule has 6 nitrogen and oxygen atoms in total. The molecule has 30 heavy (non-hydrogen) atoms. The molecule has 0 saturated carbocycles. The van der Waals surface area contributed by atoms with Crippen molar-refractivity contribution < 1.29 is 13.5 Å². The summed E-state index contributed by atoms with van der Waals surface area (Å²) in [6, 6.07) is 5.17. The number of hydrogen-bond donors (Lipinski definition) is 2. The number of aryl methyl sites for hydroxylation is 1. The average molecular weight is 539 g/mol. The van der Waals surface area contributed by atoms with Crippen LogP contribution in [0.25, 0.3) is 0 Å². The lowest BCUT2D eigenvalue weighted by atomic mass is 10.1. The average Bonchev–Trinajstić information content (AvgIpc) is 2.89. The summed E-state index contributed by atoms with van der Waals surface area (Å²) in [5.41, 5.74) is 1.63. The van der Waals surface area contributed by atoms with Gasteiger partial charge in [0.2, 0.25) is 0 Å². The van der Waals surface area contributed by atoms with E-state index in [1.54, 1.807) is 12.1 Å². The van der Waals surface area contributed by atoms with Crippen molar-refractivity contribution in [2.75, 3.05) is 52.9 Å². The maximum Gasteiger partial charge on any atom is 0.387 e. The monoisotopic (exact) mass is 539 g/mol. The number of likely N-dealkylation sites (N-methyl/N-ethyl adjacent to an activating group) is 1. The summed E-state index contributed by atoms with van der Waals surface area (Å²) in [5.74, 6) is 0.865. The van der Waals surface area contributed by atoms with E-state index < -0.39 is 6.61 Å². The molecule has 0 radical (unpaired) electrons. The van der Waals surface area contributed by atoms with Crippen molar-refractivity contribution in [3.05, 3.63) is 29.3 Å². The standard InChI is InChI=1S/C21H35F2N5O.HI/c1-4-24-21(25-9-5-11-28-12-6-10-27(3)13-14-28)26-16-18-15-17(2)7-8-19(18)29-20(22)23;/h7-8,15,20H,4-6,9-14,16H2,1-3H3,(H2,24,25,26);1H. The molecule has 0 bridgehead atoms. The zero-order chi connectivity index (χ0) is 21.1. The van der Waals surface area contributed by atoms with Crippen LogP contribution in [0.2, 0.25) is 0 Å². The Morgan fingerprint density at radius 3 is 2.73 bits per heavy atom. The van der Waals surface area contributed by atoms with Gasteiger partial charge in [0.25, 0.3) is 0 Å². The zero-order valence-corrected chi connectivity index (χ0v) is 20.6. The third-order valence-corrected chi connectivity index (χ3v) is 4.94. The van der Waals surface area contributed by atoms with Gasteiger partial charge in [0, 0.05) is 31.7 Å². The van der Waals surface area contributed by atoms with Gasteiger partial charge in [-0.2, -0.15) is 8.78 Å². The lowest BCUT2D eigenvalue weighted by Gasteiger charge is -2.20. The van der Waals surface area contributed by atoms with E-state index >= 15 is 0 Å². The predicted octanol–water partition coefficient (Wildman–Crippen LogP) is 3.30. The molecule has 2 rings (SSSR count). The van der Waals surface area contributed by atoms with Gasteiger partial charge in [-0.3, -0.25) is 0 Å². The first-order valence-corrected chi connectivity index (χ1v) is 10.5. The summed E-state index contributed by atoms with van der Waals surface area (Å²) >= 11 is 0. The van der Waals surface area contributed by atoms with Gasteiger partial charge in [-0.15, -0.1) is 24.0 Å². The molecule has 172 valence electrons. The number of nitrogens with zero attached hydrogens (tertiary/aromatic N) is 3. The van der Waals surface area contributed by atoms with Crippen LogP contribution in [0, 0.1) is 6.92 Å². The Morgan fingerprint density at radius 1 is 1.20 bits per heavy atom. The second-order valence-electron chi connectivity index (χ2n) is 7.46. The third-order valence-electron chi connectivity index (χ3n) is 4.94. The largest absolute Gasteiger partial charge is 0.434 e. The molecule has 1 aromatic rings. The normalized spacial score (nSPS) is 16.1. The Kier molecular flexibility index (Phi) is 13.2. The minimum Gasteiger partial charge on any atom is -0.434 e. The highest BCUT2D eigenvalue weighted by Gasteiger charge is 2.12. The van der Waals surface area contributed by atoms with Crippen LogP contribution in [0.5, 0.6) is 5.75 Å². The fraction of sp³-hybridized carbons (Fsp3) is 0.667. The molecule has 0 amide bonds. The lowest BCUT2D eigenvalue weighted by molar-refractivity contribution is -0.0504. The highest BCUT2D eigenvalue weighted by atomic mass is 127. The number of nitrogens with one attached hydrogen (secondary N) is 2. The maximum atomic E-state index is 12.6. The van der Waals surface area contributed by atoms with Crippen molar-refractivity contribution >= 4 is 29.9 Å². The molecule has 0 atom stereocenters. The Bertz CT molecular complexity index is 648. The molecule has 1 fully saturated rings. The van der Waals surface area contributed by atoms with Gasteiger partial charge in [0.1, 0.15) is 5.75 Å². The summed E-state index contributed by atoms with van der Waals surface area (Å²) in [5, 5.41) is 6.55. The predicted molar refractivity (Wildman–Crippen MR) is 129 cm³/mol. The van der Waals surface area contributed by atoms with Gasteiger partial charge in [-0.05, 0) is 59.4 Å². The quantitative estimate of drug-likeness (QED) is 0.219. The molecule has 1 aliphatic rings. The molecule has 1 aromatic carbocycles. The van der Waals surface area contributed by atoms with E-state index in [1.165, 1.54) is 13.0 Å². The van der Waals surface area contributed by atoms with Gasteiger partial charge in [-0.1, -0.05) is 17.7 Å². The molecular weight excluding hydrogens is 503 g/mol. The van der Waals surface area contributed by atoms with Crippen LogP contribution in [0.3, 0.4) is 0 Å². The van der Waals surface area contributed by atoms with Crippen LogP contribution >= 0.6 is 24.0 Å². The summed E-state index contributed by atoms with van der Waals surface area (Å²) in [4.78, 5) is 9.44. The van der Waals surface area contributed by atoms with Crippen molar-refractivity contribution in [2.45, 2.75) is 39.8 Å². The van der Waals surface area contributed by atoms with E-state index in [4.69, 9.17) is 0 Å². The Balaban J connectivity index is 0.00000450. The number of rotatable bonds is 9. The molecule has 0 spiro atoms. The summed E-state index contributed by atoms with van der Waals surface area (Å²) in [6.07, 6.45) is 2.24. The van der Waals surface area contributed by atoms with E-state index in [-0.39, 0.29) is 36.3 Å². The molecule has 0 unspecified atom stereocenters. The number of alkyl halides is 2. The number of halogens is 3. The van der Waals surface area contributed by atoms with Gasteiger partial charge in [0.05, 0.1) is 6.54 Å². The second-order valence-corrected chi connectivity index (χ2v) is 7.46. The van der Waals surface area contributed by atoms with Crippen molar-refractivity contribution in [1.29, 1.82) is 0 Å². The molecule has 9 heteroatoms. The highest BCUT2D eigenvalue weighted by Crippen LogP contribution is 2.22. The van der Waals surface area contributed by atoms with Crippen LogP contribution in [0.15, 0.2) is 23.2 Å². The van der Waals surface area contributed by atoms with Crippen LogP contribution in [-0.2, 0) is 6.54 Å². The molecule has 0 aromatic heterocycles. The van der Waals surface area contributed by atoms with Crippen molar-refractivity contribution in [1.82, 2.24) is 20.4 Å². The number of benzene rings is 1. The Labute approximate surface area is 196 Å². The van der Waals surface area contributed by atoms with Crippen LogP contribution in [0.4, 0.5) is 8.78 Å². The highest BCUT2D eigenvalue weighted by molar-refractivity contribution is 14.0. The number of ether oxygens (including phenoxy) is 1. The minimum atomic E-state index is -2.84. The van der Waals surface area contributed by atoms with Crippen LogP contribution in [-0.4, -0.2) is 75.2 Å². The third kappa shape index (κ3) is 10.2. The van der Waals surface area contributed by atoms with Crippen molar-refractivity contribution in [3.8, 4) is 5.75 Å². The van der Waals surface area contributed by atoms with E-state index in [1.807, 2.05) is 19.9 Å². The van der Waals surface area contributed by atoms with Gasteiger partial charge in [-0.25, -0.2) is 4.99 Å². The van der Waals surface area contributed by atoms with Gasteiger partial charge in [0.15, 0.2) is 5.96 Å². The van der Waals surface area contributed by atoms with E-state index in [0.29, 0.717) is 11.5 Å². The maximum absolute atomic E-state index is 12.6. The van der Waals surface area contributed by atoms with E-state index in [0.717, 1.165) is 51.3 Å². The molecule has 1 heterocycles. The summed E-state index contributed by atoms with van der Waals surface area (Å²) in [6.45, 7) is 8.52. The van der Waals surface area contributed by atoms with Crippen molar-refractivity contribution in [3.63, 3.8) is 0 Å². The zero-order valence-electron chi connectivity index (χ0n) is 18.3. The first-order valence-electron chi connectivity index (χ1n) is 10.5. The second kappa shape index (κ2) is 14.7. The minimum absolute atomic E-state index is 0. The smallest absolute Gasteiger partial charge is 0.387 e. The van der Waals surface area contributed by atoms with Gasteiger partial charge < -0.3 is 25.2 Å². The fourth-order valence-corrected chi connectivity index (χ4v) is 3.38. The molecule has 1 aliphatic heterocycles. The number of guanidine groups is 1. The summed E-state index contributed by atoms with van der Waals surface area (Å²) in [7, 11) is 2.18. The SMILES string of the molecule is CCNC(=NCc1cc(C)ccc1OC(F)F)NCCCN1CCCN(C)CC1.I. The first kappa shape index (κ1) is 26.8. The van der Waals surface area contributed by atoms with Crippen LogP contribution in [0.1, 0.15) is 30.9 Å². The van der Waals surface area contributed by atoms with Crippen molar-refractivity contribution in [2.24, 2.45) is 4.99 Å². The number of hydrogen-bond acceptors (Lipinski definition) is 4. The topological polar surface area (TPSA) is 52.1 Å². The Hall–Kier alpha value is -1.20. The summed E-state index contributed by atoms with van der Waals surface area (Å²) < 4.78 is 29.9. The van der Waals surface area contributed by atoms with Gasteiger partial charge >= 0.3 is 6.61 Å². The first-order chi connectivity index (χ1) is 14.0. The van der Waals surface area contributed by atoms with Crippen LogP contribution < -0.4 is 15.4 Å². The number of aliphatic imine (C=N–C) groups is 1. The molecular formula is C21H36F2IN5O. The fourth-order valence-electron chi connectivity index (χ4n) is 3.38. The lowest BCUT2D eigenvalue weighted by Crippen LogP contribution is -2.39. The molecule has 2 N–H and O–H groups in total. The van der Waals surface area contributed by atoms with E-state index in [9.17, 15) is 8.78 Å². The molecule has 0 aliphatic carbocycles. The molecule has 1 saturated heterocycles. The van der Waals surface area contributed by atoms with E-state index in [2.05, 4.69) is 37.2 Å². The Morgan fingerprint density at radius 2 is 2.00 bits per heavy atom.